The van der Waals surface area contributed by atoms with E-state index in [4.69, 9.17) is 10.5 Å². The number of likely N-dealkylation sites (tertiary alicyclic amines) is 1. The van der Waals surface area contributed by atoms with Crippen LogP contribution >= 0.6 is 12.4 Å². The Balaban J connectivity index is 0.00000242. The van der Waals surface area contributed by atoms with Gasteiger partial charge in [-0.25, -0.2) is 4.39 Å². The first-order valence-electron chi connectivity index (χ1n) is 7.37. The number of rotatable bonds is 4. The number of halogens is 2. The van der Waals surface area contributed by atoms with E-state index in [2.05, 4.69) is 0 Å². The zero-order valence-corrected chi connectivity index (χ0v) is 13.9. The fourth-order valence-corrected chi connectivity index (χ4v) is 2.77. The van der Waals surface area contributed by atoms with E-state index in [0.717, 1.165) is 19.4 Å². The average molecular weight is 331 g/mol. The molecule has 1 aliphatic rings. The predicted molar refractivity (Wildman–Crippen MR) is 86.9 cm³/mol. The molecule has 0 spiro atoms. The van der Waals surface area contributed by atoms with Crippen LogP contribution < -0.4 is 10.5 Å². The standard InChI is InChI=1S/C16H23FN2O2.ClH/c1-11(18)13-4-3-7-19(10-13)16(20)9-12-5-6-15(21-2)14(17)8-12;/h5-6,8,11,13H,3-4,7,9-10,18H2,1-2H3;1H. The van der Waals surface area contributed by atoms with Crippen LogP contribution in [0.1, 0.15) is 25.3 Å². The lowest BCUT2D eigenvalue weighted by Crippen LogP contribution is -2.45. The molecule has 2 atom stereocenters. The van der Waals surface area contributed by atoms with Crippen molar-refractivity contribution in [1.82, 2.24) is 4.90 Å². The normalized spacial score (nSPS) is 19.3. The molecular weight excluding hydrogens is 307 g/mol. The number of ether oxygens (including phenoxy) is 1. The van der Waals surface area contributed by atoms with Gasteiger partial charge in [-0.15, -0.1) is 12.4 Å². The molecule has 2 unspecified atom stereocenters. The van der Waals surface area contributed by atoms with Crippen molar-refractivity contribution in [3.05, 3.63) is 29.6 Å². The third-order valence-corrected chi connectivity index (χ3v) is 4.13. The number of benzene rings is 1. The van der Waals surface area contributed by atoms with Crippen molar-refractivity contribution in [2.45, 2.75) is 32.2 Å². The lowest BCUT2D eigenvalue weighted by molar-refractivity contribution is -0.132. The van der Waals surface area contributed by atoms with Crippen molar-refractivity contribution >= 4 is 18.3 Å². The Morgan fingerprint density at radius 3 is 2.86 bits per heavy atom. The number of hydrogen-bond acceptors (Lipinski definition) is 3. The monoisotopic (exact) mass is 330 g/mol. The molecule has 6 heteroatoms. The summed E-state index contributed by atoms with van der Waals surface area (Å²) in [5.74, 6) is 0.149. The second-order valence-electron chi connectivity index (χ2n) is 5.75. The Bertz CT molecular complexity index is 511. The number of nitrogens with two attached hydrogens (primary N) is 1. The zero-order chi connectivity index (χ0) is 15.4. The van der Waals surface area contributed by atoms with Crippen LogP contribution in [-0.4, -0.2) is 37.0 Å². The molecule has 0 aromatic heterocycles. The summed E-state index contributed by atoms with van der Waals surface area (Å²) in [6.45, 7) is 3.45. The summed E-state index contributed by atoms with van der Waals surface area (Å²) in [6.07, 6.45) is 2.26. The van der Waals surface area contributed by atoms with Gasteiger partial charge in [0.2, 0.25) is 5.91 Å². The Labute approximate surface area is 137 Å². The molecule has 1 aliphatic heterocycles. The molecule has 0 bridgehead atoms. The summed E-state index contributed by atoms with van der Waals surface area (Å²) in [5, 5.41) is 0. The van der Waals surface area contributed by atoms with Gasteiger partial charge in [0, 0.05) is 19.1 Å². The van der Waals surface area contributed by atoms with Gasteiger partial charge in [-0.2, -0.15) is 0 Å². The molecule has 22 heavy (non-hydrogen) atoms. The number of carbonyl (C=O) groups excluding carboxylic acids is 1. The van der Waals surface area contributed by atoms with Crippen LogP contribution in [0.25, 0.3) is 0 Å². The van der Waals surface area contributed by atoms with E-state index in [9.17, 15) is 9.18 Å². The molecule has 1 aromatic rings. The first-order chi connectivity index (χ1) is 10.0. The number of nitrogens with zero attached hydrogens (tertiary/aromatic N) is 1. The summed E-state index contributed by atoms with van der Waals surface area (Å²) in [7, 11) is 1.42. The lowest BCUT2D eigenvalue weighted by Gasteiger charge is -2.34. The number of methoxy groups -OCH3 is 1. The summed E-state index contributed by atoms with van der Waals surface area (Å²) in [4.78, 5) is 14.2. The van der Waals surface area contributed by atoms with E-state index in [1.165, 1.54) is 13.2 Å². The van der Waals surface area contributed by atoms with E-state index in [1.807, 2.05) is 11.8 Å². The van der Waals surface area contributed by atoms with Crippen LogP contribution in [0.15, 0.2) is 18.2 Å². The zero-order valence-electron chi connectivity index (χ0n) is 13.0. The molecule has 0 radical (unpaired) electrons. The lowest BCUT2D eigenvalue weighted by atomic mass is 9.92. The number of carbonyl (C=O) groups is 1. The van der Waals surface area contributed by atoms with E-state index < -0.39 is 5.82 Å². The fourth-order valence-electron chi connectivity index (χ4n) is 2.77. The van der Waals surface area contributed by atoms with E-state index in [1.54, 1.807) is 12.1 Å². The molecule has 1 aromatic carbocycles. The van der Waals surface area contributed by atoms with Crippen molar-refractivity contribution in [2.75, 3.05) is 20.2 Å². The Kier molecular flexibility index (Phi) is 7.10. The average Bonchev–Trinajstić information content (AvgIpc) is 2.47. The first kappa shape index (κ1) is 18.7. The highest BCUT2D eigenvalue weighted by Gasteiger charge is 2.25. The van der Waals surface area contributed by atoms with E-state index in [-0.39, 0.29) is 36.5 Å². The summed E-state index contributed by atoms with van der Waals surface area (Å²) < 4.78 is 18.5. The third-order valence-electron chi connectivity index (χ3n) is 4.13. The molecule has 0 aliphatic carbocycles. The SMILES string of the molecule is COc1ccc(CC(=O)N2CCCC(C(C)N)C2)cc1F.Cl. The van der Waals surface area contributed by atoms with Crippen molar-refractivity contribution in [2.24, 2.45) is 11.7 Å². The van der Waals surface area contributed by atoms with Gasteiger partial charge in [-0.1, -0.05) is 6.07 Å². The third kappa shape index (κ3) is 4.58. The minimum absolute atomic E-state index is 0. The minimum atomic E-state index is -0.435. The fraction of sp³-hybridized carbons (Fsp3) is 0.562. The van der Waals surface area contributed by atoms with Crippen LogP contribution in [0.4, 0.5) is 4.39 Å². The van der Waals surface area contributed by atoms with Crippen molar-refractivity contribution < 1.29 is 13.9 Å². The molecular formula is C16H24ClFN2O2. The quantitative estimate of drug-likeness (QED) is 0.922. The molecule has 1 heterocycles. The van der Waals surface area contributed by atoms with Gasteiger partial charge >= 0.3 is 0 Å². The van der Waals surface area contributed by atoms with Crippen molar-refractivity contribution in [1.29, 1.82) is 0 Å². The van der Waals surface area contributed by atoms with Crippen LogP contribution in [0, 0.1) is 11.7 Å². The molecule has 2 rings (SSSR count). The first-order valence-corrected chi connectivity index (χ1v) is 7.37. The van der Waals surface area contributed by atoms with Crippen LogP contribution in [0.5, 0.6) is 5.75 Å². The second-order valence-corrected chi connectivity index (χ2v) is 5.75. The maximum Gasteiger partial charge on any atom is 0.227 e. The highest BCUT2D eigenvalue weighted by Crippen LogP contribution is 2.21. The second kappa shape index (κ2) is 8.34. The van der Waals surface area contributed by atoms with Crippen LogP contribution in [0.2, 0.25) is 0 Å². The van der Waals surface area contributed by atoms with Gasteiger partial charge in [0.25, 0.3) is 0 Å². The smallest absolute Gasteiger partial charge is 0.227 e. The van der Waals surface area contributed by atoms with E-state index in [0.29, 0.717) is 18.0 Å². The Hall–Kier alpha value is -1.33. The van der Waals surface area contributed by atoms with Gasteiger partial charge in [0.1, 0.15) is 0 Å². The Morgan fingerprint density at radius 2 is 2.27 bits per heavy atom. The van der Waals surface area contributed by atoms with E-state index >= 15 is 0 Å². The number of hydrogen-bond donors (Lipinski definition) is 1. The minimum Gasteiger partial charge on any atom is -0.494 e. The van der Waals surface area contributed by atoms with Crippen molar-refractivity contribution in [3.63, 3.8) is 0 Å². The molecule has 1 amide bonds. The van der Waals surface area contributed by atoms with Gasteiger partial charge in [-0.3, -0.25) is 4.79 Å². The Morgan fingerprint density at radius 1 is 1.55 bits per heavy atom. The van der Waals surface area contributed by atoms with Gasteiger partial charge < -0.3 is 15.4 Å². The summed E-state index contributed by atoms with van der Waals surface area (Å²) in [6, 6.07) is 4.74. The maximum absolute atomic E-state index is 13.6. The topological polar surface area (TPSA) is 55.6 Å². The largest absolute Gasteiger partial charge is 0.494 e. The molecule has 4 nitrogen and oxygen atoms in total. The van der Waals surface area contributed by atoms with Gasteiger partial charge in [-0.05, 0) is 43.4 Å². The number of amides is 1. The molecule has 1 saturated heterocycles. The van der Waals surface area contributed by atoms with Gasteiger partial charge in [0.15, 0.2) is 11.6 Å². The maximum atomic E-state index is 13.6. The highest BCUT2D eigenvalue weighted by molar-refractivity contribution is 5.85. The number of piperidine rings is 1. The summed E-state index contributed by atoms with van der Waals surface area (Å²) >= 11 is 0. The predicted octanol–water partition coefficient (Wildman–Crippen LogP) is 2.38. The molecule has 1 fully saturated rings. The molecule has 2 N–H and O–H groups in total. The van der Waals surface area contributed by atoms with Crippen LogP contribution in [-0.2, 0) is 11.2 Å². The summed E-state index contributed by atoms with van der Waals surface area (Å²) in [5.41, 5.74) is 6.60. The molecule has 0 saturated carbocycles. The molecule has 124 valence electrons. The highest BCUT2D eigenvalue weighted by atomic mass is 35.5. The van der Waals surface area contributed by atoms with Crippen LogP contribution in [0.3, 0.4) is 0 Å². The van der Waals surface area contributed by atoms with Gasteiger partial charge in [0.05, 0.1) is 13.5 Å². The van der Waals surface area contributed by atoms with Crippen molar-refractivity contribution in [3.8, 4) is 5.75 Å².